The van der Waals surface area contributed by atoms with Gasteiger partial charge in [0, 0.05) is 65.5 Å². The second-order valence-electron chi connectivity index (χ2n) is 9.85. The summed E-state index contributed by atoms with van der Waals surface area (Å²) in [7, 11) is 0. The van der Waals surface area contributed by atoms with Crippen LogP contribution in [0, 0.1) is 0 Å². The van der Waals surface area contributed by atoms with Crippen molar-refractivity contribution in [1.29, 1.82) is 0 Å². The Morgan fingerprint density at radius 2 is 0.927 bits per heavy atom. The molecule has 1 amide bonds. The van der Waals surface area contributed by atoms with E-state index in [0.29, 0.717) is 98.6 Å². The van der Waals surface area contributed by atoms with Gasteiger partial charge in [-0.15, -0.1) is 0 Å². The largest absolute Gasteiger partial charge is 0.480 e. The number of likely N-dealkylation sites (N-methyl/N-ethyl adjacent to an activating group) is 1. The Hall–Kier alpha value is -1.91. The van der Waals surface area contributed by atoms with Crippen LogP contribution in [-0.4, -0.2) is 186 Å². The maximum absolute atomic E-state index is 12.6. The molecule has 0 aliphatic carbocycles. The van der Waals surface area contributed by atoms with Crippen LogP contribution in [0.5, 0.6) is 0 Å². The van der Waals surface area contributed by atoms with Crippen molar-refractivity contribution >= 4 is 17.8 Å². The molecule has 1 heterocycles. The van der Waals surface area contributed by atoms with Gasteiger partial charge in [-0.1, -0.05) is 13.8 Å². The molecule has 0 aromatic heterocycles. The molecule has 14 nitrogen and oxygen atoms in total. The SMILES string of the molecule is CCCOCCOCCOCCOCCNC(=O)CN1CCN(CC)CCN(CC(=O)O)CCN(CC(=O)O)CC1. The fourth-order valence-corrected chi connectivity index (χ4v) is 4.18. The van der Waals surface area contributed by atoms with E-state index in [-0.39, 0.29) is 25.5 Å². The molecular formula is C27H53N5O9. The van der Waals surface area contributed by atoms with E-state index in [1.807, 2.05) is 9.80 Å². The van der Waals surface area contributed by atoms with E-state index in [4.69, 9.17) is 18.9 Å². The average Bonchev–Trinajstić information content (AvgIpc) is 2.92. The molecule has 0 bridgehead atoms. The van der Waals surface area contributed by atoms with Gasteiger partial charge in [0.2, 0.25) is 5.91 Å². The number of amides is 1. The van der Waals surface area contributed by atoms with Crippen molar-refractivity contribution in [3.8, 4) is 0 Å². The highest BCUT2D eigenvalue weighted by Crippen LogP contribution is 2.01. The van der Waals surface area contributed by atoms with Gasteiger partial charge in [0.05, 0.1) is 65.9 Å². The lowest BCUT2D eigenvalue weighted by Crippen LogP contribution is -2.49. The van der Waals surface area contributed by atoms with Gasteiger partial charge in [0.15, 0.2) is 0 Å². The number of carboxylic acids is 2. The number of rotatable bonds is 21. The number of nitrogens with zero attached hydrogens (tertiary/aromatic N) is 4. The maximum Gasteiger partial charge on any atom is 0.317 e. The first-order valence-electron chi connectivity index (χ1n) is 14.7. The van der Waals surface area contributed by atoms with Gasteiger partial charge in [0.25, 0.3) is 0 Å². The van der Waals surface area contributed by atoms with Crippen molar-refractivity contribution in [2.75, 3.05) is 138 Å². The van der Waals surface area contributed by atoms with Crippen LogP contribution in [-0.2, 0) is 33.3 Å². The highest BCUT2D eigenvalue weighted by Gasteiger charge is 2.19. The number of hydrogen-bond acceptors (Lipinski definition) is 11. The number of carboxylic acid groups (broad SMARTS) is 2. The molecule has 0 atom stereocenters. The predicted molar refractivity (Wildman–Crippen MR) is 153 cm³/mol. The van der Waals surface area contributed by atoms with Gasteiger partial charge < -0.3 is 39.4 Å². The van der Waals surface area contributed by atoms with E-state index >= 15 is 0 Å². The fraction of sp³-hybridized carbons (Fsp3) is 0.889. The van der Waals surface area contributed by atoms with Gasteiger partial charge in [-0.3, -0.25) is 29.1 Å². The number of nitrogens with one attached hydrogen (secondary N) is 1. The maximum atomic E-state index is 12.6. The topological polar surface area (TPSA) is 154 Å². The van der Waals surface area contributed by atoms with Crippen LogP contribution in [0.15, 0.2) is 0 Å². The molecule has 0 unspecified atom stereocenters. The van der Waals surface area contributed by atoms with Crippen LogP contribution in [0.1, 0.15) is 20.3 Å². The molecule has 0 aromatic rings. The van der Waals surface area contributed by atoms with Crippen LogP contribution in [0.25, 0.3) is 0 Å². The predicted octanol–water partition coefficient (Wildman–Crippen LogP) is -1.01. The highest BCUT2D eigenvalue weighted by atomic mass is 16.6. The lowest BCUT2D eigenvalue weighted by Gasteiger charge is -2.33. The monoisotopic (exact) mass is 591 g/mol. The molecule has 1 aliphatic heterocycles. The Morgan fingerprint density at radius 1 is 0.561 bits per heavy atom. The molecule has 0 spiro atoms. The summed E-state index contributed by atoms with van der Waals surface area (Å²) in [4.78, 5) is 43.2. The molecule has 3 N–H and O–H groups in total. The molecular weight excluding hydrogens is 538 g/mol. The summed E-state index contributed by atoms with van der Waals surface area (Å²) >= 11 is 0. The summed E-state index contributed by atoms with van der Waals surface area (Å²) in [5, 5.41) is 21.5. The number of hydrogen-bond donors (Lipinski definition) is 3. The third-order valence-corrected chi connectivity index (χ3v) is 6.50. The molecule has 0 aromatic carbocycles. The van der Waals surface area contributed by atoms with Gasteiger partial charge >= 0.3 is 11.9 Å². The van der Waals surface area contributed by atoms with Crippen molar-refractivity contribution in [2.24, 2.45) is 0 Å². The summed E-state index contributed by atoms with van der Waals surface area (Å²) in [6.07, 6.45) is 0.997. The number of carbonyl (C=O) groups excluding carboxylic acids is 1. The number of ether oxygens (including phenoxy) is 4. The normalized spacial score (nSPS) is 17.1. The molecule has 1 fully saturated rings. The summed E-state index contributed by atoms with van der Waals surface area (Å²) in [5.74, 6) is -1.95. The molecule has 1 rings (SSSR count). The lowest BCUT2D eigenvalue weighted by molar-refractivity contribution is -0.140. The fourth-order valence-electron chi connectivity index (χ4n) is 4.18. The Balaban J connectivity index is 2.35. The van der Waals surface area contributed by atoms with Gasteiger partial charge in [-0.2, -0.15) is 0 Å². The average molecular weight is 592 g/mol. The second kappa shape index (κ2) is 24.7. The summed E-state index contributed by atoms with van der Waals surface area (Å²) in [6, 6.07) is 0. The lowest BCUT2D eigenvalue weighted by atomic mass is 10.3. The molecule has 41 heavy (non-hydrogen) atoms. The number of aliphatic carboxylic acids is 2. The van der Waals surface area contributed by atoms with Crippen LogP contribution in [0.4, 0.5) is 0 Å². The standard InChI is InChI=1S/C27H53N5O9/c1-3-14-38-16-18-40-20-21-41-19-17-39-15-5-28-25(33)22-30-8-6-29(4-2)7-9-31(23-26(34)35)12-13-32(11-10-30)24-27(36)37/h3-24H2,1-2H3,(H,28,33)(H,34,35)(H,36,37). The Morgan fingerprint density at radius 3 is 1.32 bits per heavy atom. The molecule has 14 heteroatoms. The van der Waals surface area contributed by atoms with Crippen molar-refractivity contribution in [3.05, 3.63) is 0 Å². The summed E-state index contributed by atoms with van der Waals surface area (Å²) in [6.45, 7) is 14.0. The van der Waals surface area contributed by atoms with Crippen LogP contribution >= 0.6 is 0 Å². The minimum absolute atomic E-state index is 0.0775. The smallest absolute Gasteiger partial charge is 0.317 e. The van der Waals surface area contributed by atoms with Crippen LogP contribution in [0.2, 0.25) is 0 Å². The van der Waals surface area contributed by atoms with Crippen LogP contribution < -0.4 is 5.32 Å². The third-order valence-electron chi connectivity index (χ3n) is 6.50. The first-order chi connectivity index (χ1) is 19.8. The van der Waals surface area contributed by atoms with E-state index < -0.39 is 11.9 Å². The van der Waals surface area contributed by atoms with Crippen molar-refractivity contribution in [3.63, 3.8) is 0 Å². The quantitative estimate of drug-likeness (QED) is 0.140. The Kier molecular flexibility index (Phi) is 22.3. The van der Waals surface area contributed by atoms with Crippen molar-refractivity contribution < 1.29 is 43.5 Å². The Bertz CT molecular complexity index is 704. The van der Waals surface area contributed by atoms with E-state index in [0.717, 1.165) is 26.1 Å². The highest BCUT2D eigenvalue weighted by molar-refractivity contribution is 5.78. The van der Waals surface area contributed by atoms with E-state index in [1.54, 1.807) is 4.90 Å². The molecule has 0 radical (unpaired) electrons. The van der Waals surface area contributed by atoms with Crippen molar-refractivity contribution in [1.82, 2.24) is 24.9 Å². The molecule has 240 valence electrons. The zero-order valence-electron chi connectivity index (χ0n) is 25.1. The number of carbonyl (C=O) groups is 3. The van der Waals surface area contributed by atoms with Crippen molar-refractivity contribution in [2.45, 2.75) is 20.3 Å². The minimum Gasteiger partial charge on any atom is -0.480 e. The van der Waals surface area contributed by atoms with Gasteiger partial charge in [-0.25, -0.2) is 0 Å². The second-order valence-corrected chi connectivity index (χ2v) is 9.85. The van der Waals surface area contributed by atoms with E-state index in [2.05, 4.69) is 24.1 Å². The van der Waals surface area contributed by atoms with E-state index in [9.17, 15) is 24.6 Å². The summed E-state index contributed by atoms with van der Waals surface area (Å²) < 4.78 is 21.7. The van der Waals surface area contributed by atoms with Gasteiger partial charge in [-0.05, 0) is 13.0 Å². The van der Waals surface area contributed by atoms with Crippen LogP contribution in [0.3, 0.4) is 0 Å². The molecule has 1 saturated heterocycles. The first kappa shape index (κ1) is 37.1. The third kappa shape index (κ3) is 21.5. The zero-order chi connectivity index (χ0) is 30.1. The van der Waals surface area contributed by atoms with E-state index in [1.165, 1.54) is 0 Å². The molecule has 1 aliphatic rings. The zero-order valence-corrected chi connectivity index (χ0v) is 25.1. The molecule has 0 saturated carbocycles. The van der Waals surface area contributed by atoms with Gasteiger partial charge in [0.1, 0.15) is 0 Å². The summed E-state index contributed by atoms with van der Waals surface area (Å²) in [5.41, 5.74) is 0. The minimum atomic E-state index is -0.935. The Labute approximate surface area is 244 Å². The first-order valence-corrected chi connectivity index (χ1v) is 14.7.